The minimum atomic E-state index is -0.0958. The largest absolute Gasteiger partial charge is 0.332 e. The summed E-state index contributed by atoms with van der Waals surface area (Å²) in [5.41, 5.74) is 1.34. The molecule has 1 aromatic heterocycles. The molecule has 3 heterocycles. The van der Waals surface area contributed by atoms with Crippen molar-refractivity contribution in [2.45, 2.75) is 58.5 Å². The Morgan fingerprint density at radius 1 is 1.30 bits per heavy atom. The van der Waals surface area contributed by atoms with Crippen molar-refractivity contribution in [3.05, 3.63) is 11.4 Å². The second kappa shape index (κ2) is 6.77. The highest BCUT2D eigenvalue weighted by molar-refractivity contribution is 5.94. The van der Waals surface area contributed by atoms with Gasteiger partial charge in [0, 0.05) is 12.1 Å². The number of carbonyl (C=O) groups excluding carboxylic acids is 1. The molecular weight excluding hydrogens is 314 g/mol. The van der Waals surface area contributed by atoms with Gasteiger partial charge in [0.05, 0.1) is 11.7 Å². The van der Waals surface area contributed by atoms with E-state index in [0.29, 0.717) is 17.7 Å². The average Bonchev–Trinajstić information content (AvgIpc) is 2.98. The van der Waals surface area contributed by atoms with Crippen LogP contribution in [0.5, 0.6) is 0 Å². The third-order valence-electron chi connectivity index (χ3n) is 5.10. The first-order valence-corrected chi connectivity index (χ1v) is 8.34. The zero-order valence-electron chi connectivity index (χ0n) is 14.5. The number of aromatic nitrogens is 3. The maximum Gasteiger partial charge on any atom is 0.276 e. The summed E-state index contributed by atoms with van der Waals surface area (Å²) >= 11 is 0. The first-order chi connectivity index (χ1) is 10.4. The molecule has 0 bridgehead atoms. The number of hydrogen-bond acceptors (Lipinski definition) is 4. The van der Waals surface area contributed by atoms with Crippen molar-refractivity contribution in [2.75, 3.05) is 19.6 Å². The molecule has 2 saturated heterocycles. The summed E-state index contributed by atoms with van der Waals surface area (Å²) in [5.74, 6) is 0.575. The van der Waals surface area contributed by atoms with Crippen molar-refractivity contribution >= 4 is 18.3 Å². The van der Waals surface area contributed by atoms with Crippen molar-refractivity contribution in [1.82, 2.24) is 25.2 Å². The quantitative estimate of drug-likeness (QED) is 0.895. The molecule has 1 N–H and O–H groups in total. The van der Waals surface area contributed by atoms with Crippen LogP contribution in [0, 0.1) is 12.8 Å². The lowest BCUT2D eigenvalue weighted by molar-refractivity contribution is 0.0643. The molecule has 130 valence electrons. The third-order valence-corrected chi connectivity index (χ3v) is 5.10. The van der Waals surface area contributed by atoms with Crippen molar-refractivity contribution in [2.24, 2.45) is 5.92 Å². The van der Waals surface area contributed by atoms with E-state index in [2.05, 4.69) is 36.4 Å². The Morgan fingerprint density at radius 2 is 1.96 bits per heavy atom. The summed E-state index contributed by atoms with van der Waals surface area (Å²) in [5, 5.41) is 11.9. The van der Waals surface area contributed by atoms with E-state index in [1.54, 1.807) is 0 Å². The smallest absolute Gasteiger partial charge is 0.276 e. The average molecular weight is 342 g/mol. The number of carbonyl (C=O) groups is 1. The van der Waals surface area contributed by atoms with Crippen LogP contribution >= 0.6 is 12.4 Å². The SMILES string of the molecule is Cc1c(C(=O)N2CC(C)CC2(C)C)nnn1C1CCNCC1.Cl. The van der Waals surface area contributed by atoms with E-state index in [-0.39, 0.29) is 23.9 Å². The van der Waals surface area contributed by atoms with Crippen LogP contribution in [0.3, 0.4) is 0 Å². The zero-order chi connectivity index (χ0) is 15.9. The molecule has 1 unspecified atom stereocenters. The monoisotopic (exact) mass is 341 g/mol. The van der Waals surface area contributed by atoms with Gasteiger partial charge in [-0.2, -0.15) is 0 Å². The number of nitrogens with one attached hydrogen (secondary N) is 1. The van der Waals surface area contributed by atoms with Crippen LogP contribution in [0.2, 0.25) is 0 Å². The van der Waals surface area contributed by atoms with Gasteiger partial charge >= 0.3 is 0 Å². The number of nitrogens with zero attached hydrogens (tertiary/aromatic N) is 4. The van der Waals surface area contributed by atoms with Crippen molar-refractivity contribution in [1.29, 1.82) is 0 Å². The van der Waals surface area contributed by atoms with Gasteiger partial charge in [0.2, 0.25) is 0 Å². The molecule has 1 amide bonds. The van der Waals surface area contributed by atoms with Gasteiger partial charge in [0.15, 0.2) is 5.69 Å². The number of hydrogen-bond donors (Lipinski definition) is 1. The van der Waals surface area contributed by atoms with Gasteiger partial charge in [-0.3, -0.25) is 4.79 Å². The van der Waals surface area contributed by atoms with Crippen LogP contribution in [-0.2, 0) is 0 Å². The minimum Gasteiger partial charge on any atom is -0.332 e. The van der Waals surface area contributed by atoms with Gasteiger partial charge in [-0.15, -0.1) is 17.5 Å². The van der Waals surface area contributed by atoms with Crippen LogP contribution in [-0.4, -0.2) is 51.0 Å². The summed E-state index contributed by atoms with van der Waals surface area (Å²) in [4.78, 5) is 14.9. The summed E-state index contributed by atoms with van der Waals surface area (Å²) < 4.78 is 1.96. The van der Waals surface area contributed by atoms with Crippen LogP contribution in [0.25, 0.3) is 0 Å². The maximum atomic E-state index is 12.9. The summed E-state index contributed by atoms with van der Waals surface area (Å²) in [7, 11) is 0. The van der Waals surface area contributed by atoms with Gasteiger partial charge in [-0.1, -0.05) is 12.1 Å². The molecule has 23 heavy (non-hydrogen) atoms. The van der Waals surface area contributed by atoms with Crippen LogP contribution in [0.15, 0.2) is 0 Å². The number of halogens is 1. The molecule has 0 aromatic carbocycles. The van der Waals surface area contributed by atoms with Crippen molar-refractivity contribution in [3.63, 3.8) is 0 Å². The standard InChI is InChI=1S/C16H27N5O.ClH/c1-11-9-16(3,4)20(10-11)15(22)14-12(2)21(19-18-14)13-5-7-17-8-6-13;/h11,13,17H,5-10H2,1-4H3;1H. The summed E-state index contributed by atoms with van der Waals surface area (Å²) in [6.45, 7) is 11.3. The fraction of sp³-hybridized carbons (Fsp3) is 0.812. The van der Waals surface area contributed by atoms with Crippen molar-refractivity contribution < 1.29 is 4.79 Å². The molecule has 1 aromatic rings. The first kappa shape index (κ1) is 18.2. The van der Waals surface area contributed by atoms with E-state index in [4.69, 9.17) is 0 Å². The number of rotatable bonds is 2. The predicted molar refractivity (Wildman–Crippen MR) is 92.0 cm³/mol. The lowest BCUT2D eigenvalue weighted by Gasteiger charge is -2.31. The van der Waals surface area contributed by atoms with E-state index >= 15 is 0 Å². The number of piperidine rings is 1. The Morgan fingerprint density at radius 3 is 2.52 bits per heavy atom. The predicted octanol–water partition coefficient (Wildman–Crippen LogP) is 2.19. The fourth-order valence-electron chi connectivity index (χ4n) is 4.01. The molecule has 6 nitrogen and oxygen atoms in total. The molecule has 0 spiro atoms. The number of likely N-dealkylation sites (tertiary alicyclic amines) is 1. The zero-order valence-corrected chi connectivity index (χ0v) is 15.3. The molecule has 2 fully saturated rings. The normalized spacial score (nSPS) is 24.5. The topological polar surface area (TPSA) is 63.1 Å². The van der Waals surface area contributed by atoms with Crippen LogP contribution < -0.4 is 5.32 Å². The summed E-state index contributed by atoms with van der Waals surface area (Å²) in [6, 6.07) is 0.362. The summed E-state index contributed by atoms with van der Waals surface area (Å²) in [6.07, 6.45) is 3.13. The Bertz CT molecular complexity index is 565. The van der Waals surface area contributed by atoms with Crippen LogP contribution in [0.4, 0.5) is 0 Å². The molecule has 0 saturated carbocycles. The Balaban J connectivity index is 0.00000192. The van der Waals surface area contributed by atoms with E-state index in [1.807, 2.05) is 16.5 Å². The van der Waals surface area contributed by atoms with Gasteiger partial charge in [-0.25, -0.2) is 4.68 Å². The molecule has 0 aliphatic carbocycles. The molecule has 2 aliphatic heterocycles. The second-order valence-corrected chi connectivity index (χ2v) is 7.49. The fourth-order valence-corrected chi connectivity index (χ4v) is 4.01. The van der Waals surface area contributed by atoms with E-state index in [9.17, 15) is 4.79 Å². The molecule has 3 rings (SSSR count). The van der Waals surface area contributed by atoms with E-state index in [0.717, 1.165) is 44.6 Å². The van der Waals surface area contributed by atoms with Gasteiger partial charge in [0.1, 0.15) is 0 Å². The Kier molecular flexibility index (Phi) is 5.36. The molecule has 1 atom stereocenters. The molecule has 0 radical (unpaired) electrons. The molecule has 2 aliphatic rings. The van der Waals surface area contributed by atoms with Gasteiger partial charge in [0.25, 0.3) is 5.91 Å². The first-order valence-electron chi connectivity index (χ1n) is 8.34. The highest BCUT2D eigenvalue weighted by atomic mass is 35.5. The molecular formula is C16H28ClN5O. The molecule has 7 heteroatoms. The Hall–Kier alpha value is -1.14. The highest BCUT2D eigenvalue weighted by Crippen LogP contribution is 2.33. The maximum absolute atomic E-state index is 12.9. The van der Waals surface area contributed by atoms with Gasteiger partial charge in [-0.05, 0) is 59.0 Å². The Labute approximate surface area is 144 Å². The number of amides is 1. The minimum absolute atomic E-state index is 0. The van der Waals surface area contributed by atoms with E-state index < -0.39 is 0 Å². The van der Waals surface area contributed by atoms with E-state index in [1.165, 1.54) is 0 Å². The second-order valence-electron chi connectivity index (χ2n) is 7.49. The highest BCUT2D eigenvalue weighted by Gasteiger charge is 2.41. The lowest BCUT2D eigenvalue weighted by Crippen LogP contribution is -2.43. The lowest BCUT2D eigenvalue weighted by atomic mass is 9.97. The van der Waals surface area contributed by atoms with Gasteiger partial charge < -0.3 is 10.2 Å². The van der Waals surface area contributed by atoms with Crippen molar-refractivity contribution in [3.8, 4) is 0 Å². The van der Waals surface area contributed by atoms with Crippen LogP contribution in [0.1, 0.15) is 62.3 Å². The third kappa shape index (κ3) is 3.38.